The van der Waals surface area contributed by atoms with Gasteiger partial charge in [0.05, 0.1) is 0 Å². The first-order valence-electron chi connectivity index (χ1n) is 22.4. The molecule has 0 spiro atoms. The summed E-state index contributed by atoms with van der Waals surface area (Å²) in [6, 6.07) is 77.9. The zero-order valence-corrected chi connectivity index (χ0v) is 36.4. The van der Waals surface area contributed by atoms with Gasteiger partial charge in [0.2, 0.25) is 0 Å². The van der Waals surface area contributed by atoms with Gasteiger partial charge in [0.15, 0.2) is 0 Å². The maximum absolute atomic E-state index is 2.48. The molecule has 0 N–H and O–H groups in total. The van der Waals surface area contributed by atoms with Gasteiger partial charge >= 0.3 is 0 Å². The molecule has 64 heavy (non-hydrogen) atoms. The molecule has 298 valence electrons. The van der Waals surface area contributed by atoms with E-state index in [1.807, 2.05) is 11.8 Å². The Balaban J connectivity index is 1.02. The molecule has 0 bridgehead atoms. The van der Waals surface area contributed by atoms with Crippen molar-refractivity contribution < 1.29 is 0 Å². The van der Waals surface area contributed by atoms with Crippen LogP contribution >= 0.6 is 11.8 Å². The van der Waals surface area contributed by atoms with Crippen molar-refractivity contribution in [3.63, 3.8) is 0 Å². The molecule has 12 aromatic rings. The van der Waals surface area contributed by atoms with Crippen molar-refractivity contribution in [3.05, 3.63) is 217 Å². The van der Waals surface area contributed by atoms with E-state index in [9.17, 15) is 0 Å². The first-order chi connectivity index (χ1) is 31.5. The predicted molar refractivity (Wildman–Crippen MR) is 275 cm³/mol. The van der Waals surface area contributed by atoms with Crippen molar-refractivity contribution >= 4 is 76.4 Å². The van der Waals surface area contributed by atoms with Crippen LogP contribution < -0.4 is 0 Å². The molecule has 0 aromatic heterocycles. The van der Waals surface area contributed by atoms with Crippen LogP contribution in [-0.2, 0) is 5.41 Å². The second-order valence-electron chi connectivity index (χ2n) is 18.3. The Morgan fingerprint density at radius 2 is 0.891 bits per heavy atom. The minimum absolute atomic E-state index is 0.109. The van der Waals surface area contributed by atoms with Crippen LogP contribution in [0.4, 0.5) is 0 Å². The average molecular weight is 829 g/mol. The summed E-state index contributed by atoms with van der Waals surface area (Å²) >= 11 is 1.92. The Labute approximate surface area is 376 Å². The van der Waals surface area contributed by atoms with E-state index in [1.165, 1.54) is 141 Å². The summed E-state index contributed by atoms with van der Waals surface area (Å²) in [6.45, 7) is 4.79. The SMILES string of the molecule is CC1(C)c2cc(-c3ccc4c(-c5cccc6ccccc56)c5c6c(cccc6c4c3)Sc3cc(-c4c6ccccc6cc6ccccc46)ccc3-5)ccc2-c2c1ccc1ccccc21. The highest BCUT2D eigenvalue weighted by Gasteiger charge is 2.37. The molecule has 0 fully saturated rings. The molecule has 1 heterocycles. The van der Waals surface area contributed by atoms with Crippen LogP contribution in [0.15, 0.2) is 216 Å². The third kappa shape index (κ3) is 5.02. The number of fused-ring (bicyclic) bond motifs is 12. The summed E-state index contributed by atoms with van der Waals surface area (Å²) in [5, 5.41) is 15.5. The first-order valence-corrected chi connectivity index (χ1v) is 23.2. The highest BCUT2D eigenvalue weighted by atomic mass is 32.2. The molecule has 14 rings (SSSR count). The molecule has 12 aromatic carbocycles. The van der Waals surface area contributed by atoms with Gasteiger partial charge in [-0.1, -0.05) is 202 Å². The molecule has 0 unspecified atom stereocenters. The van der Waals surface area contributed by atoms with E-state index in [-0.39, 0.29) is 5.41 Å². The van der Waals surface area contributed by atoms with Gasteiger partial charge in [-0.25, -0.2) is 0 Å². The predicted octanol–water partition coefficient (Wildman–Crippen LogP) is 18.0. The molecule has 0 radical (unpaired) electrons. The standard InChI is InChI=1S/C63H40S/c1-63(2)54-32-28-38-14-4-8-19-45(38)59(54)51-30-26-40(35-55(51)63)39-25-29-50-53(34-39)49-23-12-24-56-61(49)62(60(50)48-22-11-17-37-13-3-7-18-44(37)48)52-31-27-43(36-57(52)64-56)58-46-20-9-5-15-41(46)33-42-16-6-10-21-47(42)58/h3-36H,1-2H3. The van der Waals surface area contributed by atoms with E-state index in [2.05, 4.69) is 220 Å². The number of benzene rings is 12. The lowest BCUT2D eigenvalue weighted by Gasteiger charge is -2.27. The minimum Gasteiger partial charge on any atom is -0.0887 e. The summed E-state index contributed by atoms with van der Waals surface area (Å²) in [6.07, 6.45) is 0. The summed E-state index contributed by atoms with van der Waals surface area (Å²) in [4.78, 5) is 2.60. The van der Waals surface area contributed by atoms with Crippen LogP contribution in [0.2, 0.25) is 0 Å². The van der Waals surface area contributed by atoms with E-state index >= 15 is 0 Å². The lowest BCUT2D eigenvalue weighted by Crippen LogP contribution is -2.15. The summed E-state index contributed by atoms with van der Waals surface area (Å²) in [7, 11) is 0. The van der Waals surface area contributed by atoms with Gasteiger partial charge in [0, 0.05) is 26.2 Å². The molecule has 0 amide bonds. The molecule has 1 heteroatoms. The van der Waals surface area contributed by atoms with Crippen molar-refractivity contribution in [1.82, 2.24) is 0 Å². The maximum atomic E-state index is 2.48. The van der Waals surface area contributed by atoms with Crippen molar-refractivity contribution in [2.24, 2.45) is 0 Å². The van der Waals surface area contributed by atoms with E-state index in [4.69, 9.17) is 0 Å². The topological polar surface area (TPSA) is 0 Å². The van der Waals surface area contributed by atoms with E-state index in [1.54, 1.807) is 0 Å². The molecular weight excluding hydrogens is 789 g/mol. The van der Waals surface area contributed by atoms with Crippen LogP contribution in [0.5, 0.6) is 0 Å². The second kappa shape index (κ2) is 13.3. The van der Waals surface area contributed by atoms with Crippen LogP contribution in [0.3, 0.4) is 0 Å². The fourth-order valence-electron chi connectivity index (χ4n) is 11.6. The van der Waals surface area contributed by atoms with Crippen molar-refractivity contribution in [1.29, 1.82) is 0 Å². The van der Waals surface area contributed by atoms with Crippen LogP contribution in [0, 0.1) is 0 Å². The summed E-state index contributed by atoms with van der Waals surface area (Å²) in [5.41, 5.74) is 15.7. The second-order valence-corrected chi connectivity index (χ2v) is 19.4. The lowest BCUT2D eigenvalue weighted by atomic mass is 9.80. The molecule has 0 saturated carbocycles. The van der Waals surface area contributed by atoms with Gasteiger partial charge in [0.25, 0.3) is 0 Å². The van der Waals surface area contributed by atoms with Gasteiger partial charge < -0.3 is 0 Å². The van der Waals surface area contributed by atoms with Gasteiger partial charge in [-0.3, -0.25) is 0 Å². The Bertz CT molecular complexity index is 3960. The Kier molecular flexibility index (Phi) is 7.49. The third-order valence-electron chi connectivity index (χ3n) is 14.6. The van der Waals surface area contributed by atoms with Gasteiger partial charge in [0.1, 0.15) is 0 Å². The molecule has 1 aliphatic carbocycles. The Morgan fingerprint density at radius 3 is 1.67 bits per heavy atom. The maximum Gasteiger partial charge on any atom is 0.0207 e. The van der Waals surface area contributed by atoms with Crippen LogP contribution in [0.1, 0.15) is 25.0 Å². The fraction of sp³-hybridized carbons (Fsp3) is 0.0476. The minimum atomic E-state index is -0.109. The zero-order chi connectivity index (χ0) is 42.3. The monoisotopic (exact) mass is 828 g/mol. The highest BCUT2D eigenvalue weighted by molar-refractivity contribution is 7.99. The molecule has 0 nitrogen and oxygen atoms in total. The normalized spacial score (nSPS) is 13.5. The van der Waals surface area contributed by atoms with E-state index in [0.29, 0.717) is 0 Å². The lowest BCUT2D eigenvalue weighted by molar-refractivity contribution is 0.661. The highest BCUT2D eigenvalue weighted by Crippen LogP contribution is 2.57. The fourth-order valence-corrected chi connectivity index (χ4v) is 12.8. The first kappa shape index (κ1) is 36.1. The van der Waals surface area contributed by atoms with E-state index < -0.39 is 0 Å². The zero-order valence-electron chi connectivity index (χ0n) is 35.5. The summed E-state index contributed by atoms with van der Waals surface area (Å²) in [5.74, 6) is 0. The summed E-state index contributed by atoms with van der Waals surface area (Å²) < 4.78 is 0. The van der Waals surface area contributed by atoms with Crippen molar-refractivity contribution in [3.8, 4) is 55.6 Å². The number of hydrogen-bond donors (Lipinski definition) is 0. The van der Waals surface area contributed by atoms with E-state index in [0.717, 1.165) is 0 Å². The quantitative estimate of drug-likeness (QED) is 0.126. The number of rotatable bonds is 3. The smallest absolute Gasteiger partial charge is 0.0207 e. The Morgan fingerprint density at radius 1 is 0.297 bits per heavy atom. The van der Waals surface area contributed by atoms with Crippen molar-refractivity contribution in [2.75, 3.05) is 0 Å². The molecule has 0 saturated heterocycles. The average Bonchev–Trinajstić information content (AvgIpc) is 3.58. The largest absolute Gasteiger partial charge is 0.0887 e. The van der Waals surface area contributed by atoms with Crippen LogP contribution in [-0.4, -0.2) is 0 Å². The van der Waals surface area contributed by atoms with Gasteiger partial charge in [-0.05, 0) is 151 Å². The van der Waals surface area contributed by atoms with Crippen LogP contribution in [0.25, 0.3) is 120 Å². The molecule has 1 aliphatic heterocycles. The third-order valence-corrected chi connectivity index (χ3v) is 15.7. The number of hydrogen-bond acceptors (Lipinski definition) is 1. The molecule has 0 atom stereocenters. The van der Waals surface area contributed by atoms with Gasteiger partial charge in [-0.15, -0.1) is 0 Å². The Hall–Kier alpha value is -7.45. The van der Waals surface area contributed by atoms with Crippen molar-refractivity contribution in [2.45, 2.75) is 29.1 Å². The molecule has 2 aliphatic rings. The van der Waals surface area contributed by atoms with Gasteiger partial charge in [-0.2, -0.15) is 0 Å². The molecular formula is C63H40S.